The van der Waals surface area contributed by atoms with Crippen molar-refractivity contribution in [3.8, 4) is 5.75 Å². The first kappa shape index (κ1) is 11.6. The lowest BCUT2D eigenvalue weighted by molar-refractivity contribution is -0.148. The number of benzene rings is 1. The second kappa shape index (κ2) is 3.87. The molecule has 1 aliphatic rings. The van der Waals surface area contributed by atoms with Crippen LogP contribution < -0.4 is 4.74 Å². The van der Waals surface area contributed by atoms with E-state index in [9.17, 15) is 9.59 Å². The van der Waals surface area contributed by atoms with Gasteiger partial charge in [0.1, 0.15) is 11.4 Å². The van der Waals surface area contributed by atoms with Gasteiger partial charge in [-0.2, -0.15) is 0 Å². The molecule has 1 N–H and O–H groups in total. The molecule has 4 nitrogen and oxygen atoms in total. The van der Waals surface area contributed by atoms with Crippen molar-refractivity contribution >= 4 is 11.8 Å². The van der Waals surface area contributed by atoms with E-state index in [0.29, 0.717) is 11.3 Å². The molecule has 1 aromatic carbocycles. The Morgan fingerprint density at radius 2 is 2.12 bits per heavy atom. The minimum absolute atomic E-state index is 0.116. The number of hydrogen-bond acceptors (Lipinski definition) is 3. The zero-order valence-corrected chi connectivity index (χ0v) is 9.82. The largest absolute Gasteiger partial charge is 0.487 e. The first-order valence-electron chi connectivity index (χ1n) is 5.45. The monoisotopic (exact) mass is 234 g/mol. The fourth-order valence-electron chi connectivity index (χ4n) is 2.07. The van der Waals surface area contributed by atoms with Crippen LogP contribution >= 0.6 is 0 Å². The highest BCUT2D eigenvalue weighted by Crippen LogP contribution is 2.37. The molecule has 90 valence electrons. The highest BCUT2D eigenvalue weighted by atomic mass is 16.5. The quantitative estimate of drug-likeness (QED) is 0.807. The maximum atomic E-state index is 11.2. The van der Waals surface area contributed by atoms with E-state index in [-0.39, 0.29) is 12.0 Å². The fraction of sp³-hybridized carbons (Fsp3) is 0.385. The van der Waals surface area contributed by atoms with Gasteiger partial charge in [0.05, 0.1) is 0 Å². The number of ketones is 1. The van der Waals surface area contributed by atoms with Crippen molar-refractivity contribution in [1.82, 2.24) is 0 Å². The highest BCUT2D eigenvalue weighted by molar-refractivity contribution is 6.33. The topological polar surface area (TPSA) is 63.6 Å². The van der Waals surface area contributed by atoms with Crippen molar-refractivity contribution < 1.29 is 19.4 Å². The minimum Gasteiger partial charge on any atom is -0.487 e. The Morgan fingerprint density at radius 3 is 2.76 bits per heavy atom. The third-order valence-corrected chi connectivity index (χ3v) is 2.76. The molecule has 0 aliphatic carbocycles. The Morgan fingerprint density at radius 1 is 1.41 bits per heavy atom. The zero-order valence-electron chi connectivity index (χ0n) is 9.82. The van der Waals surface area contributed by atoms with Crippen molar-refractivity contribution in [3.05, 3.63) is 29.3 Å². The summed E-state index contributed by atoms with van der Waals surface area (Å²) in [6, 6.07) is 5.51. The predicted molar refractivity (Wildman–Crippen MR) is 61.2 cm³/mol. The molecule has 0 unspecified atom stereocenters. The summed E-state index contributed by atoms with van der Waals surface area (Å²) in [7, 11) is 0. The SMILES string of the molecule is CC1(C)Cc2cccc(CC(=O)C(=O)O)c2O1. The Balaban J connectivity index is 2.30. The minimum atomic E-state index is -1.40. The van der Waals surface area contributed by atoms with Crippen molar-refractivity contribution in [1.29, 1.82) is 0 Å². The van der Waals surface area contributed by atoms with Crippen LogP contribution in [0.4, 0.5) is 0 Å². The fourth-order valence-corrected chi connectivity index (χ4v) is 2.07. The van der Waals surface area contributed by atoms with Crippen LogP contribution in [0.25, 0.3) is 0 Å². The predicted octanol–water partition coefficient (Wildman–Crippen LogP) is 1.60. The standard InChI is InChI=1S/C13H14O4/c1-13(2)7-9-5-3-4-8(11(9)17-13)6-10(14)12(15)16/h3-5H,6-7H2,1-2H3,(H,15,16). The van der Waals surface area contributed by atoms with Crippen molar-refractivity contribution in [3.63, 3.8) is 0 Å². The number of hydrogen-bond donors (Lipinski definition) is 1. The van der Waals surface area contributed by atoms with Gasteiger partial charge >= 0.3 is 5.97 Å². The maximum absolute atomic E-state index is 11.2. The Labute approximate surface area is 99.2 Å². The summed E-state index contributed by atoms with van der Waals surface area (Å²) in [4.78, 5) is 21.8. The molecular weight excluding hydrogens is 220 g/mol. The lowest BCUT2D eigenvalue weighted by Crippen LogP contribution is -2.25. The Bertz CT molecular complexity index is 488. The van der Waals surface area contributed by atoms with Gasteiger partial charge in [-0.1, -0.05) is 18.2 Å². The highest BCUT2D eigenvalue weighted by Gasteiger charge is 2.32. The van der Waals surface area contributed by atoms with E-state index < -0.39 is 11.8 Å². The van der Waals surface area contributed by atoms with Crippen LogP contribution in [0.15, 0.2) is 18.2 Å². The van der Waals surface area contributed by atoms with Crippen LogP contribution in [0.3, 0.4) is 0 Å². The summed E-state index contributed by atoms with van der Waals surface area (Å²) < 4.78 is 5.76. The summed E-state index contributed by atoms with van der Waals surface area (Å²) in [5, 5.41) is 8.60. The number of carbonyl (C=O) groups excluding carboxylic acids is 1. The number of fused-ring (bicyclic) bond motifs is 1. The summed E-state index contributed by atoms with van der Waals surface area (Å²) >= 11 is 0. The average Bonchev–Trinajstić information content (AvgIpc) is 2.53. The molecule has 0 amide bonds. The van der Waals surface area contributed by atoms with E-state index in [0.717, 1.165) is 12.0 Å². The molecular formula is C13H14O4. The molecule has 17 heavy (non-hydrogen) atoms. The summed E-state index contributed by atoms with van der Waals surface area (Å²) in [6.07, 6.45) is 0.659. The van der Waals surface area contributed by atoms with Crippen LogP contribution in [0.2, 0.25) is 0 Å². The van der Waals surface area contributed by atoms with Crippen molar-refractivity contribution in [2.24, 2.45) is 0 Å². The van der Waals surface area contributed by atoms with Gasteiger partial charge in [0.15, 0.2) is 0 Å². The molecule has 1 aliphatic heterocycles. The van der Waals surface area contributed by atoms with E-state index in [1.54, 1.807) is 6.07 Å². The van der Waals surface area contributed by atoms with E-state index in [1.165, 1.54) is 0 Å². The van der Waals surface area contributed by atoms with Crippen LogP contribution in [0.5, 0.6) is 5.75 Å². The number of carboxylic acid groups (broad SMARTS) is 1. The van der Waals surface area contributed by atoms with Crippen LogP contribution in [-0.2, 0) is 22.4 Å². The number of carbonyl (C=O) groups is 2. The molecule has 2 rings (SSSR count). The molecule has 0 radical (unpaired) electrons. The van der Waals surface area contributed by atoms with Crippen molar-refractivity contribution in [2.75, 3.05) is 0 Å². The lowest BCUT2D eigenvalue weighted by atomic mass is 9.99. The third kappa shape index (κ3) is 2.30. The Hall–Kier alpha value is -1.84. The molecule has 1 heterocycles. The van der Waals surface area contributed by atoms with Gasteiger partial charge in [0, 0.05) is 18.4 Å². The summed E-state index contributed by atoms with van der Waals surface area (Å²) in [6.45, 7) is 3.94. The average molecular weight is 234 g/mol. The molecule has 0 spiro atoms. The Kier molecular flexibility index (Phi) is 2.65. The summed E-state index contributed by atoms with van der Waals surface area (Å²) in [5.74, 6) is -1.54. The van der Waals surface area contributed by atoms with Crippen molar-refractivity contribution in [2.45, 2.75) is 32.3 Å². The number of ether oxygens (including phenoxy) is 1. The lowest BCUT2D eigenvalue weighted by Gasteiger charge is -2.18. The molecule has 4 heteroatoms. The second-order valence-electron chi connectivity index (χ2n) is 4.85. The molecule has 0 saturated heterocycles. The van der Waals surface area contributed by atoms with Crippen LogP contribution in [0, 0.1) is 0 Å². The normalized spacial score (nSPS) is 16.1. The molecule has 0 saturated carbocycles. The maximum Gasteiger partial charge on any atom is 0.372 e. The molecule has 1 aromatic rings. The number of aliphatic carboxylic acids is 1. The van der Waals surface area contributed by atoms with Gasteiger partial charge in [0.2, 0.25) is 5.78 Å². The van der Waals surface area contributed by atoms with Gasteiger partial charge < -0.3 is 9.84 Å². The smallest absolute Gasteiger partial charge is 0.372 e. The third-order valence-electron chi connectivity index (χ3n) is 2.76. The molecule has 0 fully saturated rings. The van der Waals surface area contributed by atoms with Crippen LogP contribution in [0.1, 0.15) is 25.0 Å². The van der Waals surface area contributed by atoms with Gasteiger partial charge in [-0.3, -0.25) is 4.79 Å². The van der Waals surface area contributed by atoms with Crippen LogP contribution in [-0.4, -0.2) is 22.5 Å². The number of rotatable bonds is 3. The number of Topliss-reactive ketones (excluding diaryl/α,β-unsaturated/α-hetero) is 1. The number of carboxylic acids is 1. The first-order valence-corrected chi connectivity index (χ1v) is 5.45. The summed E-state index contributed by atoms with van der Waals surface area (Å²) in [5.41, 5.74) is 1.40. The van der Waals surface area contributed by atoms with E-state index in [4.69, 9.17) is 9.84 Å². The van der Waals surface area contributed by atoms with E-state index in [1.807, 2.05) is 26.0 Å². The van der Waals surface area contributed by atoms with Gasteiger partial charge in [0.25, 0.3) is 0 Å². The van der Waals surface area contributed by atoms with Gasteiger partial charge in [-0.05, 0) is 19.4 Å². The first-order chi connectivity index (χ1) is 7.89. The van der Waals surface area contributed by atoms with E-state index >= 15 is 0 Å². The van der Waals surface area contributed by atoms with Gasteiger partial charge in [-0.15, -0.1) is 0 Å². The second-order valence-corrected chi connectivity index (χ2v) is 4.85. The number of para-hydroxylation sites is 1. The van der Waals surface area contributed by atoms with E-state index in [2.05, 4.69) is 0 Å². The molecule has 0 aromatic heterocycles. The molecule has 0 bridgehead atoms. The molecule has 0 atom stereocenters. The van der Waals surface area contributed by atoms with Gasteiger partial charge in [-0.25, -0.2) is 4.79 Å². The zero-order chi connectivity index (χ0) is 12.6.